The molecular weight excluding hydrogens is 489 g/mol. The van der Waals surface area contributed by atoms with Crippen molar-refractivity contribution in [2.45, 2.75) is 25.4 Å². The summed E-state index contributed by atoms with van der Waals surface area (Å²) in [7, 11) is 6.13. The summed E-state index contributed by atoms with van der Waals surface area (Å²) in [5.41, 5.74) is 0.289. The van der Waals surface area contributed by atoms with Crippen LogP contribution < -0.4 is 20.3 Å². The number of benzene rings is 2. The largest absolute Gasteiger partial charge is 0.497 e. The molecule has 11 heteroatoms. The van der Waals surface area contributed by atoms with Crippen LogP contribution in [0.25, 0.3) is 16.9 Å². The molecule has 4 rings (SSSR count). The van der Waals surface area contributed by atoms with Gasteiger partial charge in [0.15, 0.2) is 0 Å². The quantitative estimate of drug-likeness (QED) is 0.513. The number of hydrogen-bond acceptors (Lipinski definition) is 6. The number of aromatic nitrogens is 2. The summed E-state index contributed by atoms with van der Waals surface area (Å²) in [5.74, 6) is 0.699. The number of likely N-dealkylation sites (N-methyl/N-ethyl adjacent to an activating group) is 1. The summed E-state index contributed by atoms with van der Waals surface area (Å²) in [6.45, 7) is -0.126. The van der Waals surface area contributed by atoms with E-state index < -0.39 is 23.0 Å². The first-order valence-corrected chi connectivity index (χ1v) is 11.6. The van der Waals surface area contributed by atoms with Gasteiger partial charge in [-0.25, -0.2) is 0 Å². The first kappa shape index (κ1) is 26.1. The van der Waals surface area contributed by atoms with Gasteiger partial charge in [0.05, 0.1) is 37.7 Å². The third kappa shape index (κ3) is 5.25. The number of rotatable bonds is 7. The van der Waals surface area contributed by atoms with Gasteiger partial charge in [-0.1, -0.05) is 0 Å². The van der Waals surface area contributed by atoms with Crippen molar-refractivity contribution in [3.8, 4) is 28.4 Å². The van der Waals surface area contributed by atoms with Gasteiger partial charge in [0.2, 0.25) is 5.91 Å². The van der Waals surface area contributed by atoms with Crippen molar-refractivity contribution in [2.24, 2.45) is 0 Å². The zero-order valence-corrected chi connectivity index (χ0v) is 20.9. The predicted octanol–water partition coefficient (Wildman–Crippen LogP) is 3.92. The Balaban J connectivity index is 1.93. The Morgan fingerprint density at radius 2 is 1.70 bits per heavy atom. The van der Waals surface area contributed by atoms with E-state index in [1.807, 2.05) is 0 Å². The lowest BCUT2D eigenvalue weighted by Crippen LogP contribution is -2.29. The molecule has 8 nitrogen and oxygen atoms in total. The second-order valence-electron chi connectivity index (χ2n) is 8.85. The van der Waals surface area contributed by atoms with E-state index in [2.05, 4.69) is 10.4 Å². The molecule has 2 aromatic carbocycles. The van der Waals surface area contributed by atoms with Crippen LogP contribution in [0.15, 0.2) is 41.2 Å². The minimum atomic E-state index is -4.74. The van der Waals surface area contributed by atoms with E-state index in [0.29, 0.717) is 53.1 Å². The van der Waals surface area contributed by atoms with Crippen LogP contribution in [-0.4, -0.2) is 55.4 Å². The van der Waals surface area contributed by atoms with E-state index in [9.17, 15) is 22.8 Å². The normalized spacial score (nSPS) is 12.7. The van der Waals surface area contributed by atoms with Crippen molar-refractivity contribution in [1.82, 2.24) is 14.7 Å². The molecule has 1 heterocycles. The summed E-state index contributed by atoms with van der Waals surface area (Å²) in [6.07, 6.45) is -3.05. The Bertz CT molecular complexity index is 1380. The molecule has 3 aromatic rings. The third-order valence-corrected chi connectivity index (χ3v) is 6.25. The van der Waals surface area contributed by atoms with E-state index >= 15 is 0 Å². The summed E-state index contributed by atoms with van der Waals surface area (Å²) in [5, 5.41) is 7.29. The number of hydrogen-bond donors (Lipinski definition) is 1. The maximum absolute atomic E-state index is 14.1. The van der Waals surface area contributed by atoms with Crippen LogP contribution in [0.5, 0.6) is 11.5 Å². The zero-order chi connectivity index (χ0) is 26.9. The van der Waals surface area contributed by atoms with Gasteiger partial charge in [-0.05, 0) is 55.2 Å². The highest BCUT2D eigenvalue weighted by molar-refractivity contribution is 5.80. The number of alkyl halides is 3. The Labute approximate surface area is 211 Å². The number of halogens is 3. The lowest BCUT2D eigenvalue weighted by molar-refractivity contribution is -0.137. The molecule has 0 fully saturated rings. The monoisotopic (exact) mass is 516 g/mol. The van der Waals surface area contributed by atoms with Crippen LogP contribution in [-0.2, 0) is 23.8 Å². The number of nitrogens with one attached hydrogen (secondary N) is 1. The van der Waals surface area contributed by atoms with Crippen molar-refractivity contribution < 1.29 is 27.4 Å². The fraction of sp³-hybridized carbons (Fsp3) is 0.346. The molecule has 1 aliphatic carbocycles. The van der Waals surface area contributed by atoms with Crippen molar-refractivity contribution in [3.63, 3.8) is 0 Å². The lowest BCUT2D eigenvalue weighted by atomic mass is 10.0. The van der Waals surface area contributed by atoms with Gasteiger partial charge in [-0.2, -0.15) is 23.0 Å². The second kappa shape index (κ2) is 10.2. The predicted molar refractivity (Wildman–Crippen MR) is 133 cm³/mol. The Morgan fingerprint density at radius 1 is 1.05 bits per heavy atom. The number of nitrogens with zero attached hydrogens (tertiary/aromatic N) is 3. The molecule has 0 saturated carbocycles. The fourth-order valence-corrected chi connectivity index (χ4v) is 4.31. The van der Waals surface area contributed by atoms with Gasteiger partial charge in [0, 0.05) is 37.0 Å². The van der Waals surface area contributed by atoms with E-state index in [1.165, 1.54) is 31.3 Å². The van der Waals surface area contributed by atoms with Gasteiger partial charge >= 0.3 is 6.18 Å². The van der Waals surface area contributed by atoms with Gasteiger partial charge in [0.25, 0.3) is 5.56 Å². The highest BCUT2D eigenvalue weighted by Crippen LogP contribution is 2.37. The molecule has 1 amide bonds. The molecule has 0 spiro atoms. The van der Waals surface area contributed by atoms with Crippen LogP contribution in [0.4, 0.5) is 18.9 Å². The number of amides is 1. The van der Waals surface area contributed by atoms with Crippen LogP contribution in [0.3, 0.4) is 0 Å². The van der Waals surface area contributed by atoms with Gasteiger partial charge < -0.3 is 19.7 Å². The third-order valence-electron chi connectivity index (χ3n) is 6.25. The molecule has 196 valence electrons. The highest BCUT2D eigenvalue weighted by atomic mass is 19.4. The summed E-state index contributed by atoms with van der Waals surface area (Å²) < 4.78 is 53.7. The number of fused-ring (bicyclic) bond motifs is 1. The number of ether oxygens (including phenoxy) is 2. The average molecular weight is 517 g/mol. The standard InChI is InChI=1S/C26H27F3N4O4/c1-32(2)23(34)14-30-16-8-9-21(26(27,28)29)22(12-16)33-25(35)20-7-5-6-19(20)24(31-33)15-10-17(36-3)13-18(11-15)37-4/h8-13,30H,5-7,14H2,1-4H3. The van der Waals surface area contributed by atoms with Crippen molar-refractivity contribution >= 4 is 11.6 Å². The summed E-state index contributed by atoms with van der Waals surface area (Å²) >= 11 is 0. The van der Waals surface area contributed by atoms with Crippen LogP contribution in [0.2, 0.25) is 0 Å². The Morgan fingerprint density at radius 3 is 2.30 bits per heavy atom. The Kier molecular flexibility index (Phi) is 7.15. The molecular formula is C26H27F3N4O4. The van der Waals surface area contributed by atoms with Crippen LogP contribution in [0.1, 0.15) is 23.1 Å². The van der Waals surface area contributed by atoms with E-state index in [0.717, 1.165) is 10.7 Å². The Hall–Kier alpha value is -4.02. The topological polar surface area (TPSA) is 85.7 Å². The molecule has 37 heavy (non-hydrogen) atoms. The van der Waals surface area contributed by atoms with Crippen molar-refractivity contribution in [3.05, 3.63) is 63.4 Å². The van der Waals surface area contributed by atoms with Crippen LogP contribution >= 0.6 is 0 Å². The summed E-state index contributed by atoms with van der Waals surface area (Å²) in [6, 6.07) is 8.37. The molecule has 1 aliphatic rings. The fourth-order valence-electron chi connectivity index (χ4n) is 4.31. The van der Waals surface area contributed by atoms with Crippen molar-refractivity contribution in [2.75, 3.05) is 40.2 Å². The smallest absolute Gasteiger partial charge is 0.418 e. The zero-order valence-electron chi connectivity index (χ0n) is 20.9. The van der Waals surface area contributed by atoms with Gasteiger partial charge in [-0.15, -0.1) is 0 Å². The van der Waals surface area contributed by atoms with E-state index in [4.69, 9.17) is 9.47 Å². The first-order valence-electron chi connectivity index (χ1n) is 11.6. The summed E-state index contributed by atoms with van der Waals surface area (Å²) in [4.78, 5) is 26.8. The molecule has 0 atom stereocenters. The molecule has 0 saturated heterocycles. The van der Waals surface area contributed by atoms with E-state index in [1.54, 1.807) is 32.3 Å². The maximum Gasteiger partial charge on any atom is 0.418 e. The highest BCUT2D eigenvalue weighted by Gasteiger charge is 2.35. The van der Waals surface area contributed by atoms with E-state index in [-0.39, 0.29) is 18.1 Å². The molecule has 0 unspecified atom stereocenters. The van der Waals surface area contributed by atoms with Gasteiger partial charge in [0.1, 0.15) is 11.5 Å². The average Bonchev–Trinajstić information content (AvgIpc) is 3.37. The van der Waals surface area contributed by atoms with Crippen molar-refractivity contribution in [1.29, 1.82) is 0 Å². The molecule has 0 aliphatic heterocycles. The molecule has 1 N–H and O–H groups in total. The minimum Gasteiger partial charge on any atom is -0.497 e. The van der Waals surface area contributed by atoms with Crippen LogP contribution in [0, 0.1) is 0 Å². The molecule has 0 bridgehead atoms. The lowest BCUT2D eigenvalue weighted by Gasteiger charge is -2.19. The first-order chi connectivity index (χ1) is 17.5. The van der Waals surface area contributed by atoms with Gasteiger partial charge in [-0.3, -0.25) is 9.59 Å². The number of carbonyl (C=O) groups is 1. The minimum absolute atomic E-state index is 0.126. The maximum atomic E-state index is 14.1. The molecule has 0 radical (unpaired) electrons. The number of anilines is 1. The number of methoxy groups -OCH3 is 2. The number of carbonyl (C=O) groups excluding carboxylic acids is 1. The molecule has 1 aromatic heterocycles. The SMILES string of the molecule is COc1cc(OC)cc(-c2nn(-c3cc(NCC(=O)N(C)C)ccc3C(F)(F)F)c(=O)c3c2CCC3)c1. The second-order valence-corrected chi connectivity index (χ2v) is 8.85.